The maximum absolute atomic E-state index is 10.9. The minimum Gasteiger partial charge on any atom is -0.454 e. The molecule has 2 rings (SSSR count). The number of rotatable bonds is 6. The number of halogens is 1. The molecule has 19 heavy (non-hydrogen) atoms. The number of fused-ring (bicyclic) bond motifs is 1. The molecule has 1 aromatic rings. The Balaban J connectivity index is 1.82. The van der Waals surface area contributed by atoms with Crippen LogP contribution in [0.4, 0.5) is 0 Å². The Hall–Kier alpha value is -1.02. The zero-order chi connectivity index (χ0) is 13.9. The number of sulfonamides is 1. The molecule has 1 aliphatic rings. The van der Waals surface area contributed by atoms with Gasteiger partial charge in [-0.1, -0.05) is 11.6 Å². The predicted molar refractivity (Wildman–Crippen MR) is 72.1 cm³/mol. The molecule has 2 N–H and O–H groups in total. The first-order valence-corrected chi connectivity index (χ1v) is 7.96. The fourth-order valence-electron chi connectivity index (χ4n) is 1.68. The summed E-state index contributed by atoms with van der Waals surface area (Å²) in [6.45, 7) is 1.63. The van der Waals surface area contributed by atoms with E-state index >= 15 is 0 Å². The van der Waals surface area contributed by atoms with Crippen molar-refractivity contribution in [1.82, 2.24) is 10.0 Å². The zero-order valence-electron chi connectivity index (χ0n) is 10.4. The first kappa shape index (κ1) is 14.4. The molecule has 0 saturated heterocycles. The maximum atomic E-state index is 10.9. The van der Waals surface area contributed by atoms with Gasteiger partial charge < -0.3 is 14.8 Å². The lowest BCUT2D eigenvalue weighted by molar-refractivity contribution is 0.174. The summed E-state index contributed by atoms with van der Waals surface area (Å²) in [6, 6.07) is 3.65. The molecule has 0 aromatic heterocycles. The van der Waals surface area contributed by atoms with Gasteiger partial charge in [0, 0.05) is 19.6 Å². The van der Waals surface area contributed by atoms with Gasteiger partial charge >= 0.3 is 0 Å². The highest BCUT2D eigenvalue weighted by atomic mass is 35.5. The summed E-state index contributed by atoms with van der Waals surface area (Å²) < 4.78 is 34.6. The van der Waals surface area contributed by atoms with Gasteiger partial charge in [-0.15, -0.1) is 0 Å². The average molecular weight is 307 g/mol. The zero-order valence-corrected chi connectivity index (χ0v) is 12.0. The summed E-state index contributed by atoms with van der Waals surface area (Å²) in [5.74, 6) is 1.21. The molecule has 0 spiro atoms. The smallest absolute Gasteiger partial charge is 0.231 e. The number of hydrogen-bond acceptors (Lipinski definition) is 5. The summed E-state index contributed by atoms with van der Waals surface area (Å²) in [4.78, 5) is 0. The van der Waals surface area contributed by atoms with Crippen molar-refractivity contribution in [2.24, 2.45) is 0 Å². The van der Waals surface area contributed by atoms with Crippen LogP contribution in [0.3, 0.4) is 0 Å². The van der Waals surface area contributed by atoms with E-state index in [-0.39, 0.29) is 6.79 Å². The lowest BCUT2D eigenvalue weighted by atomic mass is 10.2. The van der Waals surface area contributed by atoms with Crippen LogP contribution in [-0.2, 0) is 16.6 Å². The maximum Gasteiger partial charge on any atom is 0.231 e. The van der Waals surface area contributed by atoms with Crippen molar-refractivity contribution in [3.63, 3.8) is 0 Å². The van der Waals surface area contributed by atoms with Crippen LogP contribution < -0.4 is 19.5 Å². The van der Waals surface area contributed by atoms with Gasteiger partial charge in [0.1, 0.15) is 0 Å². The van der Waals surface area contributed by atoms with E-state index in [4.69, 9.17) is 21.1 Å². The lowest BCUT2D eigenvalue weighted by Crippen LogP contribution is -2.30. The Kier molecular flexibility index (Phi) is 4.51. The Labute approximate surface area is 117 Å². The van der Waals surface area contributed by atoms with Crippen molar-refractivity contribution in [3.05, 3.63) is 22.7 Å². The van der Waals surface area contributed by atoms with E-state index in [0.29, 0.717) is 36.2 Å². The lowest BCUT2D eigenvalue weighted by Gasteiger charge is -2.07. The standard InChI is InChI=1S/C11H15ClN2O4S/c1-19(15,16)14-3-2-13-6-8-4-9(12)11-10(5-8)17-7-18-11/h4-5,13-14H,2-3,6-7H2,1H3. The molecule has 8 heteroatoms. The van der Waals surface area contributed by atoms with E-state index in [2.05, 4.69) is 10.0 Å². The first-order valence-electron chi connectivity index (χ1n) is 5.69. The second-order valence-corrected chi connectivity index (χ2v) is 6.39. The third-order valence-electron chi connectivity index (χ3n) is 2.48. The first-order chi connectivity index (χ1) is 8.96. The molecular formula is C11H15ClN2O4S. The van der Waals surface area contributed by atoms with Gasteiger partial charge in [0.2, 0.25) is 16.8 Å². The molecule has 0 atom stereocenters. The van der Waals surface area contributed by atoms with E-state index < -0.39 is 10.0 Å². The third-order valence-corrected chi connectivity index (χ3v) is 3.49. The fraction of sp³-hybridized carbons (Fsp3) is 0.455. The molecule has 0 radical (unpaired) electrons. The van der Waals surface area contributed by atoms with Gasteiger partial charge in [-0.2, -0.15) is 0 Å². The third kappa shape index (κ3) is 4.24. The summed E-state index contributed by atoms with van der Waals surface area (Å²) in [5.41, 5.74) is 0.952. The number of ether oxygens (including phenoxy) is 2. The summed E-state index contributed by atoms with van der Waals surface area (Å²) in [6.07, 6.45) is 1.13. The number of hydrogen-bond donors (Lipinski definition) is 2. The van der Waals surface area contributed by atoms with Crippen LogP contribution in [0.1, 0.15) is 5.56 Å². The van der Waals surface area contributed by atoms with Crippen LogP contribution in [0.2, 0.25) is 5.02 Å². The molecule has 106 valence electrons. The molecule has 1 aliphatic heterocycles. The van der Waals surface area contributed by atoms with Crippen LogP contribution in [0.5, 0.6) is 11.5 Å². The summed E-state index contributed by atoms with van der Waals surface area (Å²) >= 11 is 6.05. The van der Waals surface area contributed by atoms with Crippen molar-refractivity contribution in [1.29, 1.82) is 0 Å². The van der Waals surface area contributed by atoms with Gasteiger partial charge in [0.15, 0.2) is 11.5 Å². The van der Waals surface area contributed by atoms with Crippen LogP contribution in [0.25, 0.3) is 0 Å². The largest absolute Gasteiger partial charge is 0.454 e. The molecule has 0 unspecified atom stereocenters. The molecule has 1 aromatic carbocycles. The minimum atomic E-state index is -3.13. The van der Waals surface area contributed by atoms with E-state index in [1.807, 2.05) is 6.07 Å². The van der Waals surface area contributed by atoms with E-state index in [9.17, 15) is 8.42 Å². The highest BCUT2D eigenvalue weighted by molar-refractivity contribution is 7.88. The van der Waals surface area contributed by atoms with E-state index in [0.717, 1.165) is 11.8 Å². The Morgan fingerprint density at radius 1 is 1.32 bits per heavy atom. The quantitative estimate of drug-likeness (QED) is 0.757. The molecule has 0 amide bonds. The minimum absolute atomic E-state index is 0.185. The summed E-state index contributed by atoms with van der Waals surface area (Å²) in [7, 11) is -3.13. The van der Waals surface area contributed by atoms with Crippen LogP contribution in [-0.4, -0.2) is 34.6 Å². The molecule has 1 heterocycles. The monoisotopic (exact) mass is 306 g/mol. The average Bonchev–Trinajstić information content (AvgIpc) is 2.75. The number of benzene rings is 1. The molecule has 0 aliphatic carbocycles. The highest BCUT2D eigenvalue weighted by Crippen LogP contribution is 2.39. The van der Waals surface area contributed by atoms with Gasteiger partial charge in [0.05, 0.1) is 11.3 Å². The molecular weight excluding hydrogens is 292 g/mol. The molecule has 0 bridgehead atoms. The highest BCUT2D eigenvalue weighted by Gasteiger charge is 2.17. The Morgan fingerprint density at radius 3 is 2.84 bits per heavy atom. The second-order valence-electron chi connectivity index (χ2n) is 4.15. The van der Waals surface area contributed by atoms with Crippen molar-refractivity contribution in [3.8, 4) is 11.5 Å². The van der Waals surface area contributed by atoms with Crippen LogP contribution >= 0.6 is 11.6 Å². The van der Waals surface area contributed by atoms with E-state index in [1.165, 1.54) is 0 Å². The van der Waals surface area contributed by atoms with Crippen LogP contribution in [0, 0.1) is 0 Å². The van der Waals surface area contributed by atoms with Crippen molar-refractivity contribution < 1.29 is 17.9 Å². The Bertz CT molecular complexity index is 562. The fourth-order valence-corrected chi connectivity index (χ4v) is 2.44. The summed E-state index contributed by atoms with van der Waals surface area (Å²) in [5, 5.41) is 3.63. The number of nitrogens with one attached hydrogen (secondary N) is 2. The normalized spacial score (nSPS) is 13.8. The topological polar surface area (TPSA) is 76.7 Å². The molecule has 0 saturated carbocycles. The SMILES string of the molecule is CS(=O)(=O)NCCNCc1cc(Cl)c2c(c1)OCO2. The second kappa shape index (κ2) is 5.96. The van der Waals surface area contributed by atoms with Crippen molar-refractivity contribution in [2.75, 3.05) is 26.1 Å². The van der Waals surface area contributed by atoms with Crippen LogP contribution in [0.15, 0.2) is 12.1 Å². The van der Waals surface area contributed by atoms with Crippen molar-refractivity contribution in [2.45, 2.75) is 6.54 Å². The molecule has 0 fully saturated rings. The Morgan fingerprint density at radius 2 is 2.11 bits per heavy atom. The van der Waals surface area contributed by atoms with Gasteiger partial charge in [-0.05, 0) is 17.7 Å². The van der Waals surface area contributed by atoms with Crippen molar-refractivity contribution >= 4 is 21.6 Å². The predicted octanol–water partition coefficient (Wildman–Crippen LogP) is 0.708. The van der Waals surface area contributed by atoms with Gasteiger partial charge in [-0.25, -0.2) is 13.1 Å². The van der Waals surface area contributed by atoms with E-state index in [1.54, 1.807) is 6.07 Å². The molecule has 6 nitrogen and oxygen atoms in total. The van der Waals surface area contributed by atoms with Gasteiger partial charge in [0.25, 0.3) is 0 Å². The van der Waals surface area contributed by atoms with Gasteiger partial charge in [-0.3, -0.25) is 0 Å².